The van der Waals surface area contributed by atoms with Gasteiger partial charge in [-0.3, -0.25) is 0 Å². The summed E-state index contributed by atoms with van der Waals surface area (Å²) < 4.78 is 21.0. The van der Waals surface area contributed by atoms with Crippen molar-refractivity contribution < 1.29 is 23.7 Å². The first kappa shape index (κ1) is 20.6. The number of methoxy groups -OCH3 is 4. The molecule has 0 aliphatic rings. The maximum Gasteiger partial charge on any atom is 0.355 e. The van der Waals surface area contributed by atoms with Crippen LogP contribution in [0.15, 0.2) is 46.6 Å². The lowest BCUT2D eigenvalue weighted by Gasteiger charge is -2.09. The minimum absolute atomic E-state index is 0.513. The van der Waals surface area contributed by atoms with E-state index in [1.165, 1.54) is 26.6 Å². The molecule has 0 saturated heterocycles. The predicted octanol–water partition coefficient (Wildman–Crippen LogP) is 2.39. The van der Waals surface area contributed by atoms with Gasteiger partial charge >= 0.3 is 6.03 Å². The Morgan fingerprint density at radius 1 is 0.750 bits per heavy atom. The van der Waals surface area contributed by atoms with Gasteiger partial charge in [0.05, 0.1) is 40.9 Å². The number of hydrogen-bond acceptors (Lipinski definition) is 7. The second kappa shape index (κ2) is 10.4. The van der Waals surface area contributed by atoms with Gasteiger partial charge in [0.25, 0.3) is 0 Å². The van der Waals surface area contributed by atoms with Gasteiger partial charge in [-0.05, 0) is 24.3 Å². The zero-order chi connectivity index (χ0) is 20.4. The highest BCUT2D eigenvalue weighted by molar-refractivity contribution is 5.87. The maximum absolute atomic E-state index is 11.8. The summed E-state index contributed by atoms with van der Waals surface area (Å²) in [4.78, 5) is 11.8. The fourth-order valence-corrected chi connectivity index (χ4v) is 2.37. The molecule has 2 rings (SSSR count). The van der Waals surface area contributed by atoms with Gasteiger partial charge in [0.2, 0.25) is 0 Å². The predicted molar refractivity (Wildman–Crippen MR) is 106 cm³/mol. The monoisotopic (exact) mass is 386 g/mol. The van der Waals surface area contributed by atoms with E-state index < -0.39 is 6.03 Å². The van der Waals surface area contributed by atoms with Crippen molar-refractivity contribution in [1.82, 2.24) is 10.9 Å². The van der Waals surface area contributed by atoms with Crippen molar-refractivity contribution in [3.8, 4) is 23.0 Å². The molecule has 0 bridgehead atoms. The minimum atomic E-state index is -0.615. The molecule has 0 atom stereocenters. The fraction of sp³-hybridized carbons (Fsp3) is 0.211. The first-order chi connectivity index (χ1) is 13.6. The Bertz CT molecular complexity index is 798. The van der Waals surface area contributed by atoms with E-state index in [1.54, 1.807) is 50.6 Å². The Morgan fingerprint density at radius 2 is 1.18 bits per heavy atom. The van der Waals surface area contributed by atoms with E-state index >= 15 is 0 Å². The molecule has 9 nitrogen and oxygen atoms in total. The number of carbonyl (C=O) groups excluding carboxylic acids is 1. The van der Waals surface area contributed by atoms with Gasteiger partial charge in [-0.1, -0.05) is 12.1 Å². The summed E-state index contributed by atoms with van der Waals surface area (Å²) in [6, 6.07) is 10.0. The second-order valence-corrected chi connectivity index (χ2v) is 5.23. The molecule has 0 aliphatic carbocycles. The van der Waals surface area contributed by atoms with Crippen LogP contribution in [0.3, 0.4) is 0 Å². The first-order valence-electron chi connectivity index (χ1n) is 8.18. The number of rotatable bonds is 8. The van der Waals surface area contributed by atoms with Crippen LogP contribution in [0.4, 0.5) is 4.79 Å². The molecule has 0 fully saturated rings. The van der Waals surface area contributed by atoms with Crippen molar-refractivity contribution in [2.45, 2.75) is 0 Å². The average Bonchev–Trinajstić information content (AvgIpc) is 2.73. The van der Waals surface area contributed by atoms with Gasteiger partial charge in [-0.25, -0.2) is 15.6 Å². The summed E-state index contributed by atoms with van der Waals surface area (Å²) in [5.41, 5.74) is 5.91. The Labute approximate surface area is 162 Å². The van der Waals surface area contributed by atoms with Gasteiger partial charge < -0.3 is 18.9 Å². The highest BCUT2D eigenvalue weighted by Gasteiger charge is 2.08. The summed E-state index contributed by atoms with van der Waals surface area (Å²) in [6.45, 7) is 0. The van der Waals surface area contributed by atoms with Gasteiger partial charge in [0.1, 0.15) is 0 Å². The van der Waals surface area contributed by atoms with Crippen molar-refractivity contribution >= 4 is 18.5 Å². The Kier molecular flexibility index (Phi) is 7.64. The van der Waals surface area contributed by atoms with Gasteiger partial charge in [-0.15, -0.1) is 0 Å². The summed E-state index contributed by atoms with van der Waals surface area (Å²) in [5.74, 6) is 2.15. The molecule has 0 aromatic heterocycles. The average molecular weight is 386 g/mol. The number of amides is 2. The van der Waals surface area contributed by atoms with Gasteiger partial charge in [0, 0.05) is 11.1 Å². The van der Waals surface area contributed by atoms with Crippen LogP contribution in [-0.4, -0.2) is 46.9 Å². The zero-order valence-corrected chi connectivity index (χ0v) is 16.1. The van der Waals surface area contributed by atoms with E-state index in [0.29, 0.717) is 34.1 Å². The van der Waals surface area contributed by atoms with Crippen molar-refractivity contribution in [1.29, 1.82) is 0 Å². The summed E-state index contributed by atoms with van der Waals surface area (Å²) in [7, 11) is 6.13. The molecule has 0 unspecified atom stereocenters. The fourth-order valence-electron chi connectivity index (χ4n) is 2.37. The molecular formula is C19H22N4O5. The molecule has 2 amide bonds. The minimum Gasteiger partial charge on any atom is -0.493 e. The summed E-state index contributed by atoms with van der Waals surface area (Å²) in [5, 5.41) is 7.74. The van der Waals surface area contributed by atoms with E-state index in [1.807, 2.05) is 0 Å². The van der Waals surface area contributed by atoms with Crippen LogP contribution in [0.1, 0.15) is 11.1 Å². The quantitative estimate of drug-likeness (QED) is 0.536. The second-order valence-electron chi connectivity index (χ2n) is 5.23. The molecule has 148 valence electrons. The number of ether oxygens (including phenoxy) is 4. The number of para-hydroxylation sites is 2. The molecule has 9 heteroatoms. The smallest absolute Gasteiger partial charge is 0.355 e. The maximum atomic E-state index is 11.8. The zero-order valence-electron chi connectivity index (χ0n) is 16.1. The lowest BCUT2D eigenvalue weighted by Crippen LogP contribution is -2.28. The topological polar surface area (TPSA) is 103 Å². The van der Waals surface area contributed by atoms with E-state index in [4.69, 9.17) is 18.9 Å². The number of nitrogens with zero attached hydrogens (tertiary/aromatic N) is 2. The Morgan fingerprint density at radius 3 is 1.54 bits per heavy atom. The molecule has 0 radical (unpaired) electrons. The lowest BCUT2D eigenvalue weighted by molar-refractivity contribution is 0.242. The van der Waals surface area contributed by atoms with Crippen LogP contribution < -0.4 is 29.8 Å². The molecular weight excluding hydrogens is 364 g/mol. The first-order valence-corrected chi connectivity index (χ1v) is 8.18. The highest BCUT2D eigenvalue weighted by atomic mass is 16.5. The summed E-state index contributed by atoms with van der Waals surface area (Å²) >= 11 is 0. The molecule has 0 saturated carbocycles. The molecule has 28 heavy (non-hydrogen) atoms. The van der Waals surface area contributed by atoms with E-state index in [0.717, 1.165) is 0 Å². The molecule has 2 N–H and O–H groups in total. The van der Waals surface area contributed by atoms with E-state index in [2.05, 4.69) is 21.1 Å². The van der Waals surface area contributed by atoms with Crippen LogP contribution in [0.2, 0.25) is 0 Å². The molecule has 0 spiro atoms. The lowest BCUT2D eigenvalue weighted by atomic mass is 10.2. The molecule has 0 heterocycles. The highest BCUT2D eigenvalue weighted by Crippen LogP contribution is 2.30. The standard InChI is InChI=1S/C19H22N4O5/c1-25-15-9-5-7-13(17(15)27-3)11-20-22-19(24)23-21-12-14-8-6-10-16(26-2)18(14)28-4/h5-12H,1-4H3,(H2,22,23,24)/b20-11-,21-12-. The van der Waals surface area contributed by atoms with Gasteiger partial charge in [0.15, 0.2) is 23.0 Å². The van der Waals surface area contributed by atoms with Crippen molar-refractivity contribution in [3.05, 3.63) is 47.5 Å². The Hall–Kier alpha value is -3.75. The molecule has 2 aromatic rings. The normalized spacial score (nSPS) is 10.7. The number of hydrogen-bond donors (Lipinski definition) is 2. The number of benzene rings is 2. The molecule has 2 aromatic carbocycles. The third-order valence-electron chi connectivity index (χ3n) is 3.61. The Balaban J connectivity index is 1.97. The van der Waals surface area contributed by atoms with Crippen molar-refractivity contribution in [2.75, 3.05) is 28.4 Å². The van der Waals surface area contributed by atoms with Crippen LogP contribution in [0, 0.1) is 0 Å². The van der Waals surface area contributed by atoms with Crippen LogP contribution >= 0.6 is 0 Å². The summed E-state index contributed by atoms with van der Waals surface area (Å²) in [6.07, 6.45) is 2.88. The van der Waals surface area contributed by atoms with Crippen LogP contribution in [0.25, 0.3) is 0 Å². The molecule has 0 aliphatic heterocycles. The van der Waals surface area contributed by atoms with E-state index in [9.17, 15) is 4.79 Å². The third-order valence-corrected chi connectivity index (χ3v) is 3.61. The van der Waals surface area contributed by atoms with E-state index in [-0.39, 0.29) is 0 Å². The SMILES string of the molecule is COc1cccc(/C=N\NC(=O)N/N=C\c2cccc(OC)c2OC)c1OC. The van der Waals surface area contributed by atoms with Crippen LogP contribution in [0.5, 0.6) is 23.0 Å². The number of nitrogens with one attached hydrogen (secondary N) is 2. The van der Waals surface area contributed by atoms with Crippen molar-refractivity contribution in [3.63, 3.8) is 0 Å². The third kappa shape index (κ3) is 5.13. The van der Waals surface area contributed by atoms with Crippen LogP contribution in [-0.2, 0) is 0 Å². The number of carbonyl (C=O) groups is 1. The number of urea groups is 1. The number of hydrazone groups is 2. The van der Waals surface area contributed by atoms with Gasteiger partial charge in [-0.2, -0.15) is 10.2 Å². The van der Waals surface area contributed by atoms with Crippen molar-refractivity contribution in [2.24, 2.45) is 10.2 Å². The largest absolute Gasteiger partial charge is 0.493 e.